The quantitative estimate of drug-likeness (QED) is 0.135. The van der Waals surface area contributed by atoms with Crippen molar-refractivity contribution in [1.29, 1.82) is 0 Å². The SMILES string of the molecule is [2H]c1c([2H])c([2H])c2c(c1[2H])c1c([2H])c([2H])c([2H])c([2H])c1n2-c1ccc2c(c1)N(c1c(-c3ccccc3)cc(C(C)(C)C)cc1-c1ccccc1)c1cc(-n3c4c([2H])c([2H])c([2H])c([2H])c4c4c([2H])c([2H])c([2H])c([2H])c43)cc3c1B2c1ccc(-n2c4c([2H])c([2H])c([2H])c([2H])c4c4c([2H])c([2H])c([2H])c([2H])c42)cc1N3c1c(-c2ccccc2)cc(C(C)(C)C)cc1-c1ccc(C(C)(C)C)nc1C(C)(C)C. The van der Waals surface area contributed by atoms with Crippen LogP contribution in [0.5, 0.6) is 0 Å². The number of fused-ring (bicyclic) bond motifs is 13. The van der Waals surface area contributed by atoms with Crippen LogP contribution in [0.4, 0.5) is 34.1 Å². The molecule has 0 saturated carbocycles. The molecule has 0 spiro atoms. The van der Waals surface area contributed by atoms with Gasteiger partial charge >= 0.3 is 0 Å². The van der Waals surface area contributed by atoms with Crippen molar-refractivity contribution in [3.05, 3.63) is 343 Å². The van der Waals surface area contributed by atoms with E-state index < -0.39 is 173 Å². The third-order valence-corrected chi connectivity index (χ3v) is 22.2. The van der Waals surface area contributed by atoms with Crippen LogP contribution in [0.2, 0.25) is 0 Å². The summed E-state index contributed by atoms with van der Waals surface area (Å²) < 4.78 is 238. The van der Waals surface area contributed by atoms with Crippen LogP contribution in [0.25, 0.3) is 127 Å². The zero-order valence-corrected chi connectivity index (χ0v) is 64.0. The number of anilines is 6. The van der Waals surface area contributed by atoms with Crippen LogP contribution in [0.3, 0.4) is 0 Å². The molecule has 18 aromatic rings. The molecule has 4 aromatic heterocycles. The molecule has 0 aliphatic carbocycles. The second-order valence-electron chi connectivity index (χ2n) is 33.4. The number of pyridine rings is 1. The van der Waals surface area contributed by atoms with E-state index in [9.17, 15) is 32.9 Å². The van der Waals surface area contributed by atoms with E-state index in [1.54, 1.807) is 12.1 Å². The summed E-state index contributed by atoms with van der Waals surface area (Å²) in [6.07, 6.45) is 0. The van der Waals surface area contributed by atoms with Crippen molar-refractivity contribution < 1.29 is 32.9 Å². The van der Waals surface area contributed by atoms with Crippen LogP contribution < -0.4 is 26.2 Å². The van der Waals surface area contributed by atoms with E-state index in [0.717, 1.165) is 16.8 Å². The molecule has 112 heavy (non-hydrogen) atoms. The van der Waals surface area contributed by atoms with Crippen molar-refractivity contribution in [2.45, 2.75) is 105 Å². The van der Waals surface area contributed by atoms with Gasteiger partial charge in [-0.3, -0.25) is 4.98 Å². The van der Waals surface area contributed by atoms with Gasteiger partial charge in [0.2, 0.25) is 0 Å². The Kier molecular flexibility index (Phi) is 10.8. The van der Waals surface area contributed by atoms with Crippen LogP contribution in [0.15, 0.2) is 321 Å². The van der Waals surface area contributed by atoms with Gasteiger partial charge in [-0.15, -0.1) is 0 Å². The molecule has 0 N–H and O–H groups in total. The highest BCUT2D eigenvalue weighted by Gasteiger charge is 2.47. The third kappa shape index (κ3) is 10.9. The number of aromatic nitrogens is 4. The lowest BCUT2D eigenvalue weighted by molar-refractivity contribution is 0.532. The van der Waals surface area contributed by atoms with Crippen molar-refractivity contribution in [2.24, 2.45) is 0 Å². The predicted octanol–water partition coefficient (Wildman–Crippen LogP) is 26.3. The minimum atomic E-state index is -1.11. The highest BCUT2D eigenvalue weighted by molar-refractivity contribution is 7.00. The van der Waals surface area contributed by atoms with Crippen LogP contribution in [-0.4, -0.2) is 25.4 Å². The predicted molar refractivity (Wildman–Crippen MR) is 478 cm³/mol. The molecule has 7 heteroatoms. The number of para-hydroxylation sites is 6. The summed E-state index contributed by atoms with van der Waals surface area (Å²) in [5.74, 6) is 0. The van der Waals surface area contributed by atoms with Crippen molar-refractivity contribution in [1.82, 2.24) is 18.7 Å². The van der Waals surface area contributed by atoms with Gasteiger partial charge in [0.15, 0.2) is 0 Å². The average molecular weight is 1470 g/mol. The number of hydrogen-bond acceptors (Lipinski definition) is 3. The van der Waals surface area contributed by atoms with Crippen LogP contribution >= 0.6 is 0 Å². The molecule has 14 aromatic carbocycles. The minimum absolute atomic E-state index is 0.0510. The highest BCUT2D eigenvalue weighted by atomic mass is 15.2. The summed E-state index contributed by atoms with van der Waals surface area (Å²) in [7, 11) is 0. The van der Waals surface area contributed by atoms with E-state index in [1.165, 1.54) is 13.7 Å². The summed E-state index contributed by atoms with van der Waals surface area (Å²) in [6, 6.07) is 41.7. The first-order valence-corrected chi connectivity index (χ1v) is 37.8. The molecule has 0 amide bonds. The van der Waals surface area contributed by atoms with Crippen LogP contribution in [0.1, 0.15) is 138 Å². The number of rotatable bonds is 9. The van der Waals surface area contributed by atoms with Crippen molar-refractivity contribution >= 4 is 123 Å². The van der Waals surface area contributed by atoms with Crippen molar-refractivity contribution in [3.8, 4) is 61.6 Å². The molecule has 0 radical (unpaired) electrons. The Labute approximate surface area is 691 Å². The third-order valence-electron chi connectivity index (χ3n) is 22.2. The summed E-state index contributed by atoms with van der Waals surface area (Å²) in [5, 5.41) is -1.23. The molecule has 0 atom stereocenters. The van der Waals surface area contributed by atoms with Crippen molar-refractivity contribution in [3.63, 3.8) is 0 Å². The number of benzene rings is 14. The second-order valence-corrected chi connectivity index (χ2v) is 33.4. The Morgan fingerprint density at radius 3 is 0.929 bits per heavy atom. The Hall–Kier alpha value is -12.7. The minimum Gasteiger partial charge on any atom is -0.310 e. The lowest BCUT2D eigenvalue weighted by atomic mass is 9.33. The molecule has 2 aliphatic heterocycles. The largest absolute Gasteiger partial charge is 0.310 e. The average Bonchev–Trinajstić information content (AvgIpc) is 1.31. The zero-order valence-electron chi connectivity index (χ0n) is 88.0. The molecule has 6 nitrogen and oxygen atoms in total. The van der Waals surface area contributed by atoms with Gasteiger partial charge in [-0.25, -0.2) is 0 Å². The second kappa shape index (κ2) is 25.4. The van der Waals surface area contributed by atoms with Gasteiger partial charge in [0.1, 0.15) is 0 Å². The van der Waals surface area contributed by atoms with E-state index in [0.29, 0.717) is 101 Å². The summed E-state index contributed by atoms with van der Waals surface area (Å²) in [5.41, 5.74) is 9.04. The Bertz CT molecular complexity index is 8100. The van der Waals surface area contributed by atoms with Crippen LogP contribution in [0, 0.1) is 0 Å². The van der Waals surface area contributed by atoms with E-state index in [4.69, 9.17) is 4.98 Å². The van der Waals surface area contributed by atoms with Crippen LogP contribution in [-0.2, 0) is 21.7 Å². The van der Waals surface area contributed by atoms with Gasteiger partial charge in [-0.2, -0.15) is 0 Å². The molecule has 542 valence electrons. The highest BCUT2D eigenvalue weighted by Crippen LogP contribution is 2.57. The topological polar surface area (TPSA) is 34.2 Å². The molecule has 0 saturated heterocycles. The normalized spacial score (nSPS) is 16.1. The van der Waals surface area contributed by atoms with E-state index in [1.807, 2.05) is 133 Å². The summed E-state index contributed by atoms with van der Waals surface area (Å²) in [6.45, 7) is 24.2. The maximum atomic E-state index is 10.4. The van der Waals surface area contributed by atoms with Gasteiger partial charge in [0.05, 0.1) is 88.8 Å². The fourth-order valence-corrected chi connectivity index (χ4v) is 16.9. The Morgan fingerprint density at radius 2 is 0.598 bits per heavy atom. The first-order chi connectivity index (χ1) is 64.1. The molecule has 20 rings (SSSR count). The summed E-state index contributed by atoms with van der Waals surface area (Å²) >= 11 is 0. The molecule has 0 bridgehead atoms. The summed E-state index contributed by atoms with van der Waals surface area (Å²) in [4.78, 5) is 9.93. The van der Waals surface area contributed by atoms with E-state index in [-0.39, 0.29) is 82.5 Å². The number of nitrogens with zero attached hydrogens (tertiary/aromatic N) is 6. The molecule has 0 unspecified atom stereocenters. The van der Waals surface area contributed by atoms with Gasteiger partial charge in [-0.1, -0.05) is 301 Å². The zero-order chi connectivity index (χ0) is 97.3. The fraction of sp³-hybridized carbons (Fsp3) is 0.152. The maximum absolute atomic E-state index is 10.4. The number of hydrogen-bond donors (Lipinski definition) is 0. The van der Waals surface area contributed by atoms with Gasteiger partial charge in [-0.05, 0) is 158 Å². The standard InChI is InChI=1S/C105H89BN6/c1-102(2,3)69-58-81(66-34-16-13-17-35-66)99(82(59-69)67-36-18-14-19-37-67)111-93-62-71(108-87-46-28-22-40-74(87)75-41-23-29-47-88(75)108)52-55-85(93)106-86-56-53-72(109-89-48-30-24-42-76(89)77-43-25-31-49-90(77)109)63-94(86)112(96-65-73(64-95(111)98(96)106)110-91-50-32-26-44-78(91)79-45-27-33-51-92(79)110)100-83(68-38-20-15-21-39-68)60-70(103(4,5)6)61-84(100)80-54-57-97(104(7,8)9)107-101(80)105(10,11)12/h13-65H,1-12H3/i22D,23D,24D,25D,26D,27D,28D,29D,30D,31D,32D,33D,40D,41D,42D,43D,44D,45D,46D,47D,48D,49D,50D,51D. The smallest absolute Gasteiger partial charge is 0.252 e. The molecule has 2 aliphatic rings. The lowest BCUT2D eigenvalue weighted by Gasteiger charge is -2.46. The molecular formula is C105H89BN6. The molecular weight excluding hydrogens is 1360 g/mol. The lowest BCUT2D eigenvalue weighted by Crippen LogP contribution is -2.61. The monoisotopic (exact) mass is 1470 g/mol. The first-order valence-electron chi connectivity index (χ1n) is 49.8. The molecule has 6 heterocycles. The van der Waals surface area contributed by atoms with Gasteiger partial charge in [0, 0.05) is 111 Å². The van der Waals surface area contributed by atoms with Crippen molar-refractivity contribution in [2.75, 3.05) is 9.80 Å². The fourth-order valence-electron chi connectivity index (χ4n) is 16.9. The van der Waals surface area contributed by atoms with Gasteiger partial charge in [0.25, 0.3) is 6.71 Å². The first kappa shape index (κ1) is 47.4. The maximum Gasteiger partial charge on any atom is 0.252 e. The molecule has 0 fully saturated rings. The van der Waals surface area contributed by atoms with E-state index >= 15 is 0 Å². The van der Waals surface area contributed by atoms with Gasteiger partial charge < -0.3 is 23.5 Å². The Morgan fingerprint density at radius 1 is 0.286 bits per heavy atom. The van der Waals surface area contributed by atoms with E-state index in [2.05, 4.69) is 123 Å². The Balaban J connectivity index is 1.09.